The van der Waals surface area contributed by atoms with E-state index in [9.17, 15) is 23.1 Å². The molecule has 2 aliphatic heterocycles. The highest BCUT2D eigenvalue weighted by Gasteiger charge is 2.40. The normalized spacial score (nSPS) is 18.9. The van der Waals surface area contributed by atoms with Crippen molar-refractivity contribution in [3.63, 3.8) is 0 Å². The predicted octanol–water partition coefficient (Wildman–Crippen LogP) is 2.55. The number of nitrogens with zero attached hydrogens (tertiary/aromatic N) is 4. The van der Waals surface area contributed by atoms with Crippen molar-refractivity contribution in [1.29, 1.82) is 0 Å². The number of aromatic nitrogens is 1. The largest absolute Gasteiger partial charge is 0.495 e. The summed E-state index contributed by atoms with van der Waals surface area (Å²) in [6, 6.07) is 7.54. The van der Waals surface area contributed by atoms with Crippen molar-refractivity contribution < 1.29 is 27.9 Å². The number of nitrogens with one attached hydrogen (secondary N) is 1. The number of likely N-dealkylation sites (tertiary alicyclic amines) is 1. The maximum atomic E-state index is 13.0. The van der Waals surface area contributed by atoms with Gasteiger partial charge in [0.25, 0.3) is 0 Å². The second-order valence-electron chi connectivity index (χ2n) is 8.78. The first-order valence-corrected chi connectivity index (χ1v) is 13.1. The number of hydrogen-bond acceptors (Lipinski definition) is 8. The summed E-state index contributed by atoms with van der Waals surface area (Å²) in [4.78, 5) is 34.2. The van der Waals surface area contributed by atoms with Crippen molar-refractivity contribution in [2.45, 2.75) is 36.7 Å². The van der Waals surface area contributed by atoms with E-state index >= 15 is 0 Å². The van der Waals surface area contributed by atoms with Gasteiger partial charge in [-0.3, -0.25) is 4.79 Å². The van der Waals surface area contributed by atoms with Gasteiger partial charge in [0.05, 0.1) is 23.4 Å². The second-order valence-corrected chi connectivity index (χ2v) is 10.8. The summed E-state index contributed by atoms with van der Waals surface area (Å²) in [5, 5.41) is 12.4. The number of piperidine rings is 1. The molecule has 12 heteroatoms. The summed E-state index contributed by atoms with van der Waals surface area (Å²) >= 11 is 0. The smallest absolute Gasteiger partial charge is 0.407 e. The summed E-state index contributed by atoms with van der Waals surface area (Å²) in [5.74, 6) is 1.45. The Kier molecular flexibility index (Phi) is 6.50. The second kappa shape index (κ2) is 9.25. The van der Waals surface area contributed by atoms with Crippen molar-refractivity contribution in [3.05, 3.63) is 30.3 Å². The number of carbonyl (C=O) groups is 2. The Labute approximate surface area is 204 Å². The van der Waals surface area contributed by atoms with E-state index in [1.165, 1.54) is 24.1 Å². The number of ether oxygens (including phenoxy) is 1. The van der Waals surface area contributed by atoms with Crippen LogP contribution in [0.25, 0.3) is 0 Å². The number of carbonyl (C=O) groups excluding carboxylic acids is 1. The summed E-state index contributed by atoms with van der Waals surface area (Å²) in [6.45, 7) is 2.59. The molecule has 1 fully saturated rings. The van der Waals surface area contributed by atoms with Crippen molar-refractivity contribution >= 4 is 44.8 Å². The van der Waals surface area contributed by atoms with E-state index in [-0.39, 0.29) is 16.8 Å². The number of hydrogen-bond donors (Lipinski definition) is 2. The van der Waals surface area contributed by atoms with Crippen LogP contribution in [0.5, 0.6) is 5.75 Å². The fraction of sp³-hybridized carbons (Fsp3) is 0.435. The molecule has 0 saturated carbocycles. The molecule has 4 rings (SSSR count). The lowest BCUT2D eigenvalue weighted by molar-refractivity contribution is -0.119. The van der Waals surface area contributed by atoms with Gasteiger partial charge in [-0.05, 0) is 50.1 Å². The van der Waals surface area contributed by atoms with Crippen LogP contribution in [-0.2, 0) is 14.6 Å². The molecule has 0 aliphatic carbocycles. The topological polar surface area (TPSA) is 132 Å². The number of benzene rings is 1. The molecule has 1 aromatic carbocycles. The highest BCUT2D eigenvalue weighted by atomic mass is 32.2. The zero-order chi connectivity index (χ0) is 25.5. The third-order valence-corrected chi connectivity index (χ3v) is 7.67. The molecule has 0 bridgehead atoms. The highest BCUT2D eigenvalue weighted by Crippen LogP contribution is 2.39. The minimum atomic E-state index is -3.43. The predicted molar refractivity (Wildman–Crippen MR) is 132 cm³/mol. The molecule has 1 aromatic heterocycles. The molecule has 2 aromatic rings. The summed E-state index contributed by atoms with van der Waals surface area (Å²) < 4.78 is 29.5. The average molecular weight is 504 g/mol. The first kappa shape index (κ1) is 24.6. The van der Waals surface area contributed by atoms with Crippen LogP contribution in [0.4, 0.5) is 27.8 Å². The molecule has 0 unspecified atom stereocenters. The number of anilines is 4. The number of pyridine rings is 1. The van der Waals surface area contributed by atoms with Crippen molar-refractivity contribution in [3.8, 4) is 5.75 Å². The van der Waals surface area contributed by atoms with Gasteiger partial charge in [0.2, 0.25) is 5.91 Å². The first-order valence-electron chi connectivity index (χ1n) is 11.2. The lowest BCUT2D eigenvalue weighted by Crippen LogP contribution is -2.57. The summed E-state index contributed by atoms with van der Waals surface area (Å²) in [6.07, 6.45) is 1.35. The third-order valence-electron chi connectivity index (χ3n) is 6.56. The molecule has 0 radical (unpaired) electrons. The van der Waals surface area contributed by atoms with Gasteiger partial charge >= 0.3 is 6.09 Å². The Hall–Kier alpha value is -3.54. The third kappa shape index (κ3) is 4.70. The molecule has 2 aliphatic rings. The molecule has 2 N–H and O–H groups in total. The highest BCUT2D eigenvalue weighted by molar-refractivity contribution is 7.90. The Morgan fingerprint density at radius 3 is 2.49 bits per heavy atom. The molecule has 35 heavy (non-hydrogen) atoms. The van der Waals surface area contributed by atoms with E-state index in [0.29, 0.717) is 54.7 Å². The van der Waals surface area contributed by atoms with Gasteiger partial charge in [-0.2, -0.15) is 0 Å². The molecular formula is C23H29N5O6S. The Morgan fingerprint density at radius 1 is 1.20 bits per heavy atom. The SMILES string of the molecule is COc1ccc(S(C)(=O)=O)cc1Nc1ccc2c(n1)N(C1CCN(C(=O)O)CC1)[C@H](C)C(=O)N2C. The van der Waals surface area contributed by atoms with E-state index in [4.69, 9.17) is 9.72 Å². The minimum absolute atomic E-state index is 0.0529. The number of methoxy groups -OCH3 is 1. The van der Waals surface area contributed by atoms with Crippen molar-refractivity contribution in [2.24, 2.45) is 0 Å². The zero-order valence-corrected chi connectivity index (χ0v) is 20.9. The van der Waals surface area contributed by atoms with Crippen LogP contribution in [0.15, 0.2) is 35.2 Å². The van der Waals surface area contributed by atoms with Crippen LogP contribution < -0.4 is 19.9 Å². The van der Waals surface area contributed by atoms with Gasteiger partial charge in [0.15, 0.2) is 15.7 Å². The molecule has 188 valence electrons. The average Bonchev–Trinajstić information content (AvgIpc) is 2.82. The fourth-order valence-electron chi connectivity index (χ4n) is 4.64. The molecule has 1 saturated heterocycles. The van der Waals surface area contributed by atoms with Crippen LogP contribution in [0.1, 0.15) is 19.8 Å². The number of likely N-dealkylation sites (N-methyl/N-ethyl adjacent to an activating group) is 1. The van der Waals surface area contributed by atoms with Crippen LogP contribution in [0.3, 0.4) is 0 Å². The monoisotopic (exact) mass is 503 g/mol. The van der Waals surface area contributed by atoms with Gasteiger partial charge in [0, 0.05) is 32.4 Å². The quantitative estimate of drug-likeness (QED) is 0.632. The summed E-state index contributed by atoms with van der Waals surface area (Å²) in [7, 11) is -0.227. The molecule has 0 spiro atoms. The van der Waals surface area contributed by atoms with Crippen LogP contribution in [0.2, 0.25) is 0 Å². The van der Waals surface area contributed by atoms with Gasteiger partial charge in [-0.25, -0.2) is 18.2 Å². The van der Waals surface area contributed by atoms with Crippen molar-refractivity contribution in [1.82, 2.24) is 9.88 Å². The van der Waals surface area contributed by atoms with Gasteiger partial charge in [0.1, 0.15) is 17.6 Å². The van der Waals surface area contributed by atoms with Gasteiger partial charge < -0.3 is 29.9 Å². The van der Waals surface area contributed by atoms with Gasteiger partial charge in [-0.1, -0.05) is 0 Å². The molecule has 1 atom stereocenters. The first-order chi connectivity index (χ1) is 16.5. The Morgan fingerprint density at radius 2 is 1.89 bits per heavy atom. The van der Waals surface area contributed by atoms with E-state index in [1.54, 1.807) is 30.1 Å². The van der Waals surface area contributed by atoms with E-state index in [2.05, 4.69) is 5.32 Å². The number of fused-ring (bicyclic) bond motifs is 1. The van der Waals surface area contributed by atoms with E-state index < -0.39 is 22.0 Å². The standard InChI is InChI=1S/C23H29N5O6S/c1-14-22(29)26(2)18-6-8-20(24-17-13-16(35(4,32)33)5-7-19(17)34-3)25-21(18)28(14)15-9-11-27(12-10-15)23(30)31/h5-8,13-15H,9-12H2,1-4H3,(H,24,25)(H,30,31)/t14-/m1/s1. The Bertz CT molecular complexity index is 1260. The Balaban J connectivity index is 1.70. The molecule has 2 amide bonds. The molecule has 3 heterocycles. The van der Waals surface area contributed by atoms with E-state index in [0.717, 1.165) is 6.26 Å². The lowest BCUT2D eigenvalue weighted by Gasteiger charge is -2.45. The summed E-state index contributed by atoms with van der Waals surface area (Å²) in [5.41, 5.74) is 1.09. The maximum absolute atomic E-state index is 13.0. The zero-order valence-electron chi connectivity index (χ0n) is 20.1. The lowest BCUT2D eigenvalue weighted by atomic mass is 9.99. The number of amides is 2. The fourth-order valence-corrected chi connectivity index (χ4v) is 5.29. The van der Waals surface area contributed by atoms with Crippen LogP contribution in [-0.4, -0.2) is 81.0 Å². The van der Waals surface area contributed by atoms with Crippen LogP contribution in [0, 0.1) is 0 Å². The maximum Gasteiger partial charge on any atom is 0.407 e. The van der Waals surface area contributed by atoms with Crippen LogP contribution >= 0.6 is 0 Å². The minimum Gasteiger partial charge on any atom is -0.495 e. The molecule has 11 nitrogen and oxygen atoms in total. The van der Waals surface area contributed by atoms with E-state index in [1.807, 2.05) is 11.8 Å². The number of rotatable bonds is 5. The number of sulfone groups is 1. The molecular weight excluding hydrogens is 474 g/mol. The van der Waals surface area contributed by atoms with Gasteiger partial charge in [-0.15, -0.1) is 0 Å². The number of carboxylic acid groups (broad SMARTS) is 1. The van der Waals surface area contributed by atoms with Crippen molar-refractivity contribution in [2.75, 3.05) is 48.6 Å².